The minimum absolute atomic E-state index is 0.608. The zero-order valence-electron chi connectivity index (χ0n) is 32.1. The van der Waals surface area contributed by atoms with E-state index in [-0.39, 0.29) is 0 Å². The molecule has 4 heteroatoms. The Morgan fingerprint density at radius 1 is 0.288 bits per heavy atom. The lowest BCUT2D eigenvalue weighted by molar-refractivity contribution is 1.07. The Morgan fingerprint density at radius 3 is 1.41 bits per heavy atom. The number of rotatable bonds is 7. The fourth-order valence-electron chi connectivity index (χ4n) is 8.42. The van der Waals surface area contributed by atoms with Crippen LogP contribution in [-0.2, 0) is 0 Å². The third kappa shape index (κ3) is 6.24. The molecule has 0 bridgehead atoms. The molecule has 0 aliphatic carbocycles. The summed E-state index contributed by atoms with van der Waals surface area (Å²) in [7, 11) is 0. The van der Waals surface area contributed by atoms with Crippen LogP contribution in [0.5, 0.6) is 0 Å². The van der Waals surface area contributed by atoms with Gasteiger partial charge in [-0.15, -0.1) is 0 Å². The van der Waals surface area contributed by atoms with Crippen LogP contribution >= 0.6 is 0 Å². The summed E-state index contributed by atoms with van der Waals surface area (Å²) in [5.74, 6) is 1.85. The topological polar surface area (TPSA) is 43.6 Å². The first-order valence-corrected chi connectivity index (χ1v) is 19.9. The van der Waals surface area contributed by atoms with E-state index in [1.165, 1.54) is 21.5 Å². The fourth-order valence-corrected chi connectivity index (χ4v) is 8.42. The summed E-state index contributed by atoms with van der Waals surface area (Å²) in [6.07, 6.45) is 0. The van der Waals surface area contributed by atoms with Gasteiger partial charge in [0.2, 0.25) is 0 Å². The van der Waals surface area contributed by atoms with Crippen LogP contribution in [0.4, 0.5) is 0 Å². The largest absolute Gasteiger partial charge is 0.309 e. The van der Waals surface area contributed by atoms with E-state index in [0.717, 1.165) is 66.8 Å². The van der Waals surface area contributed by atoms with Gasteiger partial charge in [0, 0.05) is 33.2 Å². The molecule has 0 aliphatic heterocycles. The lowest BCUT2D eigenvalue weighted by Gasteiger charge is -2.20. The van der Waals surface area contributed by atoms with Crippen LogP contribution in [0.15, 0.2) is 218 Å². The number of hydrogen-bond donors (Lipinski definition) is 0. The van der Waals surface area contributed by atoms with Crippen molar-refractivity contribution < 1.29 is 0 Å². The molecule has 4 nitrogen and oxygen atoms in total. The summed E-state index contributed by atoms with van der Waals surface area (Å²) in [4.78, 5) is 15.8. The van der Waals surface area contributed by atoms with Crippen molar-refractivity contribution >= 4 is 32.6 Å². The summed E-state index contributed by atoms with van der Waals surface area (Å²) in [6.45, 7) is 0. The van der Waals surface area contributed by atoms with Gasteiger partial charge in [-0.25, -0.2) is 15.0 Å². The van der Waals surface area contributed by atoms with Crippen LogP contribution in [0, 0.1) is 0 Å². The SMILES string of the molecule is c1ccc(-c2cccc(-c3cc(-n4c5ccccc5c5cc6ccccc6cc54)cc(-c4ccccc4)c3-c3nc(-c4ccccc4)nc(-c4ccccc4)n3)c2)cc1. The Labute approximate surface area is 342 Å². The minimum atomic E-state index is 0.608. The summed E-state index contributed by atoms with van der Waals surface area (Å²) in [5.41, 5.74) is 12.6. The Balaban J connectivity index is 1.27. The van der Waals surface area contributed by atoms with Gasteiger partial charge >= 0.3 is 0 Å². The molecule has 0 saturated carbocycles. The first-order chi connectivity index (χ1) is 29.2. The molecule has 2 aromatic heterocycles. The molecule has 0 spiro atoms. The fraction of sp³-hybridized carbons (Fsp3) is 0. The summed E-state index contributed by atoms with van der Waals surface area (Å²) in [6, 6.07) is 77.1. The van der Waals surface area contributed by atoms with Crippen molar-refractivity contribution in [1.82, 2.24) is 19.5 Å². The van der Waals surface area contributed by atoms with Crippen molar-refractivity contribution in [3.8, 4) is 73.2 Å². The molecule has 11 aromatic rings. The van der Waals surface area contributed by atoms with E-state index in [9.17, 15) is 0 Å². The maximum Gasteiger partial charge on any atom is 0.165 e. The molecular weight excluding hydrogens is 717 g/mol. The van der Waals surface area contributed by atoms with Crippen molar-refractivity contribution in [2.45, 2.75) is 0 Å². The molecule has 0 radical (unpaired) electrons. The monoisotopic (exact) mass is 752 g/mol. The number of aromatic nitrogens is 4. The first kappa shape index (κ1) is 34.3. The van der Waals surface area contributed by atoms with Gasteiger partial charge in [-0.3, -0.25) is 0 Å². The molecule has 0 unspecified atom stereocenters. The van der Waals surface area contributed by atoms with Gasteiger partial charge in [0.05, 0.1) is 11.0 Å². The Bertz CT molecular complexity index is 3240. The third-order valence-corrected chi connectivity index (χ3v) is 11.2. The van der Waals surface area contributed by atoms with Gasteiger partial charge in [0.1, 0.15) is 0 Å². The van der Waals surface area contributed by atoms with Crippen LogP contribution in [0.3, 0.4) is 0 Å². The van der Waals surface area contributed by atoms with E-state index in [4.69, 9.17) is 15.0 Å². The standard InChI is InChI=1S/C55H36N4/c1-5-18-37(19-6-1)41-28-17-29-44(32-41)48-36-45(59-50-31-16-15-30-46(50)49-33-42-26-13-14-27-43(42)34-51(49)59)35-47(38-20-7-2-8-21-38)52(48)55-57-53(39-22-9-3-10-23-39)56-54(58-55)40-24-11-4-12-25-40/h1-36H. The lowest BCUT2D eigenvalue weighted by atomic mass is 9.89. The lowest BCUT2D eigenvalue weighted by Crippen LogP contribution is -2.04. The van der Waals surface area contributed by atoms with Crippen molar-refractivity contribution in [3.05, 3.63) is 218 Å². The van der Waals surface area contributed by atoms with Crippen LogP contribution < -0.4 is 0 Å². The van der Waals surface area contributed by atoms with Crippen LogP contribution in [0.25, 0.3) is 106 Å². The highest BCUT2D eigenvalue weighted by atomic mass is 15.0. The molecule has 0 aliphatic rings. The average molecular weight is 753 g/mol. The predicted molar refractivity (Wildman–Crippen MR) is 244 cm³/mol. The van der Waals surface area contributed by atoms with Crippen molar-refractivity contribution in [2.75, 3.05) is 0 Å². The Kier molecular flexibility index (Phi) is 8.45. The normalized spacial score (nSPS) is 11.4. The molecule has 0 N–H and O–H groups in total. The number of nitrogens with zero attached hydrogens (tertiary/aromatic N) is 4. The second kappa shape index (κ2) is 14.5. The number of benzene rings is 9. The van der Waals surface area contributed by atoms with Crippen LogP contribution in [0.1, 0.15) is 0 Å². The van der Waals surface area contributed by atoms with Crippen LogP contribution in [0.2, 0.25) is 0 Å². The van der Waals surface area contributed by atoms with Gasteiger partial charge in [0.15, 0.2) is 17.5 Å². The van der Waals surface area contributed by atoms with Crippen molar-refractivity contribution in [1.29, 1.82) is 0 Å². The Morgan fingerprint density at radius 2 is 0.763 bits per heavy atom. The third-order valence-electron chi connectivity index (χ3n) is 11.2. The van der Waals surface area contributed by atoms with E-state index in [0.29, 0.717) is 17.5 Å². The smallest absolute Gasteiger partial charge is 0.165 e. The van der Waals surface area contributed by atoms with E-state index in [1.807, 2.05) is 36.4 Å². The van der Waals surface area contributed by atoms with E-state index >= 15 is 0 Å². The summed E-state index contributed by atoms with van der Waals surface area (Å²) >= 11 is 0. The molecule has 0 saturated heterocycles. The van der Waals surface area contributed by atoms with Gasteiger partial charge in [-0.2, -0.15) is 0 Å². The van der Waals surface area contributed by atoms with E-state index in [2.05, 4.69) is 187 Å². The molecule has 0 fully saturated rings. The summed E-state index contributed by atoms with van der Waals surface area (Å²) < 4.78 is 2.43. The van der Waals surface area contributed by atoms with Crippen LogP contribution in [-0.4, -0.2) is 19.5 Å². The van der Waals surface area contributed by atoms with Crippen molar-refractivity contribution in [3.63, 3.8) is 0 Å². The minimum Gasteiger partial charge on any atom is -0.309 e. The molecule has 2 heterocycles. The molecule has 9 aromatic carbocycles. The molecule has 0 amide bonds. The highest BCUT2D eigenvalue weighted by Gasteiger charge is 2.23. The number of para-hydroxylation sites is 1. The molecule has 59 heavy (non-hydrogen) atoms. The average Bonchev–Trinajstić information content (AvgIpc) is 3.64. The van der Waals surface area contributed by atoms with Gasteiger partial charge in [-0.1, -0.05) is 182 Å². The van der Waals surface area contributed by atoms with E-state index < -0.39 is 0 Å². The van der Waals surface area contributed by atoms with Gasteiger partial charge in [0.25, 0.3) is 0 Å². The number of hydrogen-bond acceptors (Lipinski definition) is 3. The molecule has 11 rings (SSSR count). The van der Waals surface area contributed by atoms with Crippen molar-refractivity contribution in [2.24, 2.45) is 0 Å². The predicted octanol–water partition coefficient (Wildman–Crippen LogP) is 14.1. The number of fused-ring (bicyclic) bond motifs is 4. The molecule has 0 atom stereocenters. The zero-order valence-corrected chi connectivity index (χ0v) is 32.1. The molecule has 276 valence electrons. The highest BCUT2D eigenvalue weighted by Crippen LogP contribution is 2.44. The van der Waals surface area contributed by atoms with Gasteiger partial charge in [-0.05, 0) is 80.6 Å². The zero-order chi connectivity index (χ0) is 39.1. The highest BCUT2D eigenvalue weighted by molar-refractivity contribution is 6.14. The first-order valence-electron chi connectivity index (χ1n) is 19.9. The second-order valence-electron chi connectivity index (χ2n) is 14.8. The maximum absolute atomic E-state index is 5.35. The quantitative estimate of drug-likeness (QED) is 0.163. The second-order valence-corrected chi connectivity index (χ2v) is 14.8. The maximum atomic E-state index is 5.35. The van der Waals surface area contributed by atoms with E-state index in [1.54, 1.807) is 0 Å². The Hall–Kier alpha value is -7.95. The summed E-state index contributed by atoms with van der Waals surface area (Å²) in [5, 5.41) is 4.85. The molecular formula is C55H36N4. The van der Waals surface area contributed by atoms with Gasteiger partial charge < -0.3 is 4.57 Å².